The largest absolute Gasteiger partial charge is 0.240 e. The quantitative estimate of drug-likeness (QED) is 0.748. The van der Waals surface area contributed by atoms with Gasteiger partial charge >= 0.3 is 0 Å². The Morgan fingerprint density at radius 2 is 1.85 bits per heavy atom. The van der Waals surface area contributed by atoms with Crippen LogP contribution >= 0.6 is 24.0 Å². The lowest BCUT2D eigenvalue weighted by molar-refractivity contribution is 0.590. The molecule has 0 aliphatic heterocycles. The van der Waals surface area contributed by atoms with Crippen LogP contribution in [0.2, 0.25) is 0 Å². The van der Waals surface area contributed by atoms with Gasteiger partial charge in [0.1, 0.15) is 5.01 Å². The zero-order valence-electron chi connectivity index (χ0n) is 12.3. The molecule has 0 N–H and O–H groups in total. The average Bonchev–Trinajstić information content (AvgIpc) is 3.17. The zero-order valence-corrected chi connectivity index (χ0v) is 14.0. The maximum Gasteiger partial charge on any atom is 0.123 e. The number of rotatable bonds is 3. The van der Waals surface area contributed by atoms with E-state index in [1.165, 1.54) is 34.5 Å². The van der Waals surface area contributed by atoms with Gasteiger partial charge in [0.25, 0.3) is 0 Å². The summed E-state index contributed by atoms with van der Waals surface area (Å²) >= 11 is 6.26. The summed E-state index contributed by atoms with van der Waals surface area (Å²) in [5.74, 6) is 1.51. The fraction of sp³-hybridized carbons (Fsp3) is 0.471. The Balaban J connectivity index is 1.93. The van der Waals surface area contributed by atoms with E-state index in [0.717, 1.165) is 10.8 Å². The highest BCUT2D eigenvalue weighted by Gasteiger charge is 2.29. The van der Waals surface area contributed by atoms with Crippen LogP contribution in [0, 0.1) is 0 Å². The van der Waals surface area contributed by atoms with Gasteiger partial charge in [0, 0.05) is 22.1 Å². The highest BCUT2D eigenvalue weighted by Crippen LogP contribution is 2.44. The van der Waals surface area contributed by atoms with Crippen molar-refractivity contribution in [3.05, 3.63) is 40.4 Å². The lowest BCUT2D eigenvalue weighted by Crippen LogP contribution is -2.10. The molecule has 0 atom stereocenters. The van der Waals surface area contributed by atoms with E-state index in [-0.39, 0.29) is 5.41 Å². The summed E-state index contributed by atoms with van der Waals surface area (Å²) in [6, 6.07) is 8.87. The van der Waals surface area contributed by atoms with Crippen LogP contribution in [0.1, 0.15) is 55.7 Å². The molecule has 1 aromatic carbocycles. The molecule has 2 aromatic rings. The second-order valence-electron chi connectivity index (χ2n) is 6.59. The van der Waals surface area contributed by atoms with Crippen molar-refractivity contribution in [3.63, 3.8) is 0 Å². The van der Waals surface area contributed by atoms with Gasteiger partial charge in [-0.15, -0.1) is 11.3 Å². The standard InChI is InChI=1S/C17H21NS2/c1-17(2,3)13-8-6-12(7-9-13)16-18-15(11-4-5-11)14(10-19)20-16/h6-9,11,19H,4-5,10H2,1-3H3. The van der Waals surface area contributed by atoms with Gasteiger partial charge in [0.2, 0.25) is 0 Å². The highest BCUT2D eigenvalue weighted by molar-refractivity contribution is 7.79. The van der Waals surface area contributed by atoms with Crippen LogP contribution in [0.25, 0.3) is 10.6 Å². The van der Waals surface area contributed by atoms with Crippen LogP contribution in [0.3, 0.4) is 0 Å². The van der Waals surface area contributed by atoms with Gasteiger partial charge in [-0.2, -0.15) is 12.6 Å². The van der Waals surface area contributed by atoms with Gasteiger partial charge in [0.15, 0.2) is 0 Å². The fourth-order valence-corrected chi connectivity index (χ4v) is 3.76. The van der Waals surface area contributed by atoms with E-state index in [1.807, 2.05) is 0 Å². The molecule has 0 spiro atoms. The Bertz CT molecular complexity index is 601. The summed E-state index contributed by atoms with van der Waals surface area (Å²) < 4.78 is 0. The SMILES string of the molecule is CC(C)(C)c1ccc(-c2nc(C3CC3)c(CS)s2)cc1. The van der Waals surface area contributed by atoms with E-state index in [2.05, 4.69) is 57.7 Å². The van der Waals surface area contributed by atoms with Gasteiger partial charge in [-0.25, -0.2) is 4.98 Å². The number of aromatic nitrogens is 1. The third kappa shape index (κ3) is 2.79. The number of thiol groups is 1. The molecule has 1 fully saturated rings. The van der Waals surface area contributed by atoms with Crippen molar-refractivity contribution in [1.29, 1.82) is 0 Å². The van der Waals surface area contributed by atoms with Crippen molar-refractivity contribution in [3.8, 4) is 10.6 Å². The number of hydrogen-bond acceptors (Lipinski definition) is 3. The Morgan fingerprint density at radius 3 is 2.35 bits per heavy atom. The second-order valence-corrected chi connectivity index (χ2v) is 7.99. The number of hydrogen-bond donors (Lipinski definition) is 1. The van der Waals surface area contributed by atoms with Crippen LogP contribution < -0.4 is 0 Å². The molecular weight excluding hydrogens is 282 g/mol. The predicted octanol–water partition coefficient (Wildman–Crippen LogP) is 5.41. The van der Waals surface area contributed by atoms with Crippen molar-refractivity contribution in [1.82, 2.24) is 4.98 Å². The Morgan fingerprint density at radius 1 is 1.20 bits per heavy atom. The molecule has 106 valence electrons. The van der Waals surface area contributed by atoms with Crippen molar-refractivity contribution in [2.45, 2.75) is 50.7 Å². The van der Waals surface area contributed by atoms with Gasteiger partial charge < -0.3 is 0 Å². The third-order valence-corrected chi connectivity index (χ3v) is 5.48. The maximum absolute atomic E-state index is 4.87. The second kappa shape index (κ2) is 5.19. The number of thiazole rings is 1. The van der Waals surface area contributed by atoms with Crippen molar-refractivity contribution < 1.29 is 0 Å². The zero-order chi connectivity index (χ0) is 14.3. The van der Waals surface area contributed by atoms with Crippen LogP contribution in [0.5, 0.6) is 0 Å². The van der Waals surface area contributed by atoms with E-state index in [1.54, 1.807) is 11.3 Å². The topological polar surface area (TPSA) is 12.9 Å². The lowest BCUT2D eigenvalue weighted by Gasteiger charge is -2.18. The molecule has 1 heterocycles. The number of benzene rings is 1. The fourth-order valence-electron chi connectivity index (χ4n) is 2.39. The van der Waals surface area contributed by atoms with Crippen molar-refractivity contribution >= 4 is 24.0 Å². The molecule has 20 heavy (non-hydrogen) atoms. The van der Waals surface area contributed by atoms with E-state index in [9.17, 15) is 0 Å². The first kappa shape index (κ1) is 14.2. The van der Waals surface area contributed by atoms with Crippen LogP contribution in [0.15, 0.2) is 24.3 Å². The molecule has 1 aliphatic carbocycles. The van der Waals surface area contributed by atoms with Crippen molar-refractivity contribution in [2.75, 3.05) is 0 Å². The lowest BCUT2D eigenvalue weighted by atomic mass is 9.87. The summed E-state index contributed by atoms with van der Waals surface area (Å²) in [5.41, 5.74) is 4.11. The highest BCUT2D eigenvalue weighted by atomic mass is 32.1. The van der Waals surface area contributed by atoms with Gasteiger partial charge in [-0.3, -0.25) is 0 Å². The molecule has 0 bridgehead atoms. The smallest absolute Gasteiger partial charge is 0.123 e. The minimum Gasteiger partial charge on any atom is -0.240 e. The molecular formula is C17H21NS2. The third-order valence-electron chi connectivity index (χ3n) is 3.83. The van der Waals surface area contributed by atoms with Crippen LogP contribution in [-0.4, -0.2) is 4.98 Å². The molecule has 1 aromatic heterocycles. The monoisotopic (exact) mass is 303 g/mol. The maximum atomic E-state index is 4.87. The van der Waals surface area contributed by atoms with Crippen LogP contribution in [0.4, 0.5) is 0 Å². The number of nitrogens with zero attached hydrogens (tertiary/aromatic N) is 1. The average molecular weight is 303 g/mol. The Hall–Kier alpha value is -0.800. The van der Waals surface area contributed by atoms with Gasteiger partial charge in [0.05, 0.1) is 5.69 Å². The van der Waals surface area contributed by atoms with E-state index >= 15 is 0 Å². The first-order valence-electron chi connectivity index (χ1n) is 7.20. The predicted molar refractivity (Wildman–Crippen MR) is 90.9 cm³/mol. The van der Waals surface area contributed by atoms with Gasteiger partial charge in [-0.05, 0) is 23.8 Å². The molecule has 0 unspecified atom stereocenters. The molecule has 1 saturated carbocycles. The Kier molecular flexibility index (Phi) is 3.67. The molecule has 0 radical (unpaired) electrons. The first-order chi connectivity index (χ1) is 9.49. The summed E-state index contributed by atoms with van der Waals surface area (Å²) in [6.07, 6.45) is 2.60. The summed E-state index contributed by atoms with van der Waals surface area (Å²) in [4.78, 5) is 6.23. The molecule has 1 nitrogen and oxygen atoms in total. The molecule has 0 amide bonds. The van der Waals surface area contributed by atoms with Crippen molar-refractivity contribution in [2.24, 2.45) is 0 Å². The summed E-state index contributed by atoms with van der Waals surface area (Å²) in [7, 11) is 0. The molecule has 1 aliphatic rings. The van der Waals surface area contributed by atoms with E-state index < -0.39 is 0 Å². The van der Waals surface area contributed by atoms with E-state index in [0.29, 0.717) is 5.92 Å². The molecule has 0 saturated heterocycles. The Labute approximate surface area is 130 Å². The summed E-state index contributed by atoms with van der Waals surface area (Å²) in [5, 5.41) is 1.15. The first-order valence-corrected chi connectivity index (χ1v) is 8.65. The minimum atomic E-state index is 0.205. The van der Waals surface area contributed by atoms with Crippen LogP contribution in [-0.2, 0) is 11.2 Å². The molecule has 3 heteroatoms. The summed E-state index contributed by atoms with van der Waals surface area (Å²) in [6.45, 7) is 6.74. The minimum absolute atomic E-state index is 0.205. The van der Waals surface area contributed by atoms with E-state index in [4.69, 9.17) is 4.98 Å². The normalized spacial score (nSPS) is 15.6. The van der Waals surface area contributed by atoms with Gasteiger partial charge in [-0.1, -0.05) is 45.0 Å². The molecule has 3 rings (SSSR count).